The number of nitrogens with zero attached hydrogens (tertiary/aromatic N) is 1. The fourth-order valence-electron chi connectivity index (χ4n) is 2.83. The average molecular weight is 520 g/mol. The van der Waals surface area contributed by atoms with Gasteiger partial charge in [-0.2, -0.15) is 5.10 Å². The Hall–Kier alpha value is -3.19. The Bertz CT molecular complexity index is 1170. The predicted molar refractivity (Wildman–Crippen MR) is 136 cm³/mol. The van der Waals surface area contributed by atoms with E-state index >= 15 is 0 Å². The first-order valence-electron chi connectivity index (χ1n) is 10.0. The van der Waals surface area contributed by atoms with Crippen LogP contribution in [0.5, 0.6) is 17.2 Å². The molecular weight excluding hydrogens is 499 g/mol. The van der Waals surface area contributed by atoms with Crippen LogP contribution in [0.3, 0.4) is 0 Å². The third-order valence-electron chi connectivity index (χ3n) is 4.48. The first-order valence-corrected chi connectivity index (χ1v) is 11.2. The van der Waals surface area contributed by atoms with Crippen LogP contribution in [0.4, 0.5) is 0 Å². The van der Waals surface area contributed by atoms with Crippen LogP contribution in [-0.2, 0) is 6.61 Å². The number of hydrogen-bond acceptors (Lipinski definition) is 5. The van der Waals surface area contributed by atoms with Gasteiger partial charge in [0.05, 0.1) is 23.4 Å². The van der Waals surface area contributed by atoms with Gasteiger partial charge in [-0.1, -0.05) is 59.6 Å². The average Bonchev–Trinajstić information content (AvgIpc) is 2.83. The molecule has 0 aliphatic rings. The summed E-state index contributed by atoms with van der Waals surface area (Å²) >= 11 is 18.6. The second-order valence-corrected chi connectivity index (χ2v) is 8.14. The molecular formula is C25H21Cl3N2O4. The van der Waals surface area contributed by atoms with Crippen molar-refractivity contribution in [2.24, 2.45) is 5.10 Å². The highest BCUT2D eigenvalue weighted by Crippen LogP contribution is 2.34. The third-order valence-corrected chi connectivity index (χ3v) is 5.29. The third kappa shape index (κ3) is 6.90. The van der Waals surface area contributed by atoms with Crippen LogP contribution < -0.4 is 19.6 Å². The fourth-order valence-corrected chi connectivity index (χ4v) is 3.57. The molecule has 1 N–H and O–H groups in total. The molecule has 3 rings (SSSR count). The number of ether oxygens (including phenoxy) is 3. The van der Waals surface area contributed by atoms with Gasteiger partial charge < -0.3 is 14.2 Å². The molecule has 3 aromatic carbocycles. The molecule has 0 radical (unpaired) electrons. The molecule has 0 fully saturated rings. The lowest BCUT2D eigenvalue weighted by Crippen LogP contribution is -2.17. The van der Waals surface area contributed by atoms with Gasteiger partial charge in [0, 0.05) is 10.6 Å². The summed E-state index contributed by atoms with van der Waals surface area (Å²) in [5, 5.41) is 5.25. The number of amides is 1. The minimum Gasteiger partial charge on any atom is -0.493 e. The summed E-state index contributed by atoms with van der Waals surface area (Å²) in [6, 6.07) is 15.3. The lowest BCUT2D eigenvalue weighted by Gasteiger charge is -2.11. The second kappa shape index (κ2) is 12.3. The van der Waals surface area contributed by atoms with Crippen molar-refractivity contribution in [3.63, 3.8) is 0 Å². The SMILES string of the molecule is C=CCOc1ccc(C(=O)N/N=C/c2cc(Cl)c(OCc3ccc(Cl)cc3)c(Cl)c2)cc1OC. The molecule has 0 saturated carbocycles. The highest BCUT2D eigenvalue weighted by atomic mass is 35.5. The van der Waals surface area contributed by atoms with Crippen molar-refractivity contribution < 1.29 is 19.0 Å². The molecule has 1 amide bonds. The van der Waals surface area contributed by atoms with Crippen molar-refractivity contribution in [1.82, 2.24) is 5.43 Å². The Kier molecular flexibility index (Phi) is 9.22. The zero-order valence-electron chi connectivity index (χ0n) is 18.2. The van der Waals surface area contributed by atoms with Crippen LogP contribution in [0.2, 0.25) is 15.1 Å². The van der Waals surface area contributed by atoms with Crippen LogP contribution >= 0.6 is 34.8 Å². The van der Waals surface area contributed by atoms with Crippen LogP contribution in [0.25, 0.3) is 0 Å². The van der Waals surface area contributed by atoms with E-state index in [4.69, 9.17) is 49.0 Å². The van der Waals surface area contributed by atoms with Gasteiger partial charge in [0.2, 0.25) is 0 Å². The molecule has 0 aliphatic heterocycles. The van der Waals surface area contributed by atoms with E-state index in [9.17, 15) is 4.79 Å². The summed E-state index contributed by atoms with van der Waals surface area (Å²) in [6.45, 7) is 4.20. The van der Waals surface area contributed by atoms with Crippen LogP contribution in [0, 0.1) is 0 Å². The normalized spacial score (nSPS) is 10.7. The monoisotopic (exact) mass is 518 g/mol. The van der Waals surface area contributed by atoms with Crippen molar-refractivity contribution in [3.8, 4) is 17.2 Å². The van der Waals surface area contributed by atoms with Crippen molar-refractivity contribution in [3.05, 3.63) is 99.0 Å². The largest absolute Gasteiger partial charge is 0.493 e. The molecule has 9 heteroatoms. The van der Waals surface area contributed by atoms with E-state index in [1.807, 2.05) is 12.1 Å². The molecule has 0 bridgehead atoms. The van der Waals surface area contributed by atoms with E-state index in [0.29, 0.717) is 50.1 Å². The number of halogens is 3. The van der Waals surface area contributed by atoms with Gasteiger partial charge in [-0.05, 0) is 53.6 Å². The Balaban J connectivity index is 1.63. The number of carbonyl (C=O) groups is 1. The smallest absolute Gasteiger partial charge is 0.271 e. The molecule has 0 unspecified atom stereocenters. The van der Waals surface area contributed by atoms with Crippen molar-refractivity contribution in [2.75, 3.05) is 13.7 Å². The summed E-state index contributed by atoms with van der Waals surface area (Å²) in [6.07, 6.45) is 3.04. The first-order chi connectivity index (χ1) is 16.4. The Labute approximate surface area is 212 Å². The first kappa shape index (κ1) is 25.4. The molecule has 6 nitrogen and oxygen atoms in total. The lowest BCUT2D eigenvalue weighted by atomic mass is 10.2. The number of methoxy groups -OCH3 is 1. The van der Waals surface area contributed by atoms with Crippen LogP contribution in [-0.4, -0.2) is 25.8 Å². The van der Waals surface area contributed by atoms with E-state index in [1.165, 1.54) is 13.3 Å². The standard InChI is InChI=1S/C25H21Cl3N2O4/c1-3-10-33-22-9-6-18(13-23(22)32-2)25(31)30-29-14-17-11-20(27)24(21(28)12-17)34-15-16-4-7-19(26)8-5-16/h3-9,11-14H,1,10,15H2,2H3,(H,30,31)/b29-14+. The zero-order valence-corrected chi connectivity index (χ0v) is 20.5. The Morgan fingerprint density at radius 3 is 2.35 bits per heavy atom. The number of hydrogen-bond donors (Lipinski definition) is 1. The van der Waals surface area contributed by atoms with Crippen LogP contribution in [0.1, 0.15) is 21.5 Å². The number of carbonyl (C=O) groups excluding carboxylic acids is 1. The van der Waals surface area contributed by atoms with Gasteiger partial charge in [0.15, 0.2) is 17.2 Å². The quantitative estimate of drug-likeness (QED) is 0.187. The summed E-state index contributed by atoms with van der Waals surface area (Å²) in [4.78, 5) is 12.4. The van der Waals surface area contributed by atoms with Gasteiger partial charge in [0.25, 0.3) is 5.91 Å². The zero-order chi connectivity index (χ0) is 24.5. The highest BCUT2D eigenvalue weighted by Gasteiger charge is 2.12. The number of rotatable bonds is 10. The van der Waals surface area contributed by atoms with E-state index in [0.717, 1.165) is 5.56 Å². The van der Waals surface area contributed by atoms with Gasteiger partial charge >= 0.3 is 0 Å². The molecule has 0 heterocycles. The van der Waals surface area contributed by atoms with Crippen molar-refractivity contribution >= 4 is 46.9 Å². The molecule has 176 valence electrons. The van der Waals surface area contributed by atoms with Crippen LogP contribution in [0.15, 0.2) is 72.4 Å². The van der Waals surface area contributed by atoms with E-state index < -0.39 is 5.91 Å². The van der Waals surface area contributed by atoms with Gasteiger partial charge in [-0.25, -0.2) is 5.43 Å². The maximum Gasteiger partial charge on any atom is 0.271 e. The van der Waals surface area contributed by atoms with E-state index in [-0.39, 0.29) is 6.61 Å². The molecule has 0 saturated heterocycles. The Morgan fingerprint density at radius 2 is 1.71 bits per heavy atom. The number of nitrogens with one attached hydrogen (secondary N) is 1. The van der Waals surface area contributed by atoms with Gasteiger partial charge in [-0.15, -0.1) is 0 Å². The van der Waals surface area contributed by atoms with Gasteiger partial charge in [-0.3, -0.25) is 4.79 Å². The maximum atomic E-state index is 12.4. The number of benzene rings is 3. The number of hydrazone groups is 1. The van der Waals surface area contributed by atoms with E-state index in [1.54, 1.807) is 48.5 Å². The molecule has 0 spiro atoms. The fraction of sp³-hybridized carbons (Fsp3) is 0.120. The molecule has 34 heavy (non-hydrogen) atoms. The minimum atomic E-state index is -0.426. The highest BCUT2D eigenvalue weighted by molar-refractivity contribution is 6.37. The molecule has 0 atom stereocenters. The topological polar surface area (TPSA) is 69.2 Å². The predicted octanol–water partition coefficient (Wildman–Crippen LogP) is 6.56. The second-order valence-electron chi connectivity index (χ2n) is 6.89. The summed E-state index contributed by atoms with van der Waals surface area (Å²) in [7, 11) is 1.49. The minimum absolute atomic E-state index is 0.279. The summed E-state index contributed by atoms with van der Waals surface area (Å²) in [5.74, 6) is 0.853. The lowest BCUT2D eigenvalue weighted by molar-refractivity contribution is 0.0954. The van der Waals surface area contributed by atoms with Crippen molar-refractivity contribution in [1.29, 1.82) is 0 Å². The summed E-state index contributed by atoms with van der Waals surface area (Å²) in [5.41, 5.74) is 4.31. The van der Waals surface area contributed by atoms with Gasteiger partial charge in [0.1, 0.15) is 13.2 Å². The molecule has 0 aromatic heterocycles. The van der Waals surface area contributed by atoms with E-state index in [2.05, 4.69) is 17.1 Å². The maximum absolute atomic E-state index is 12.4. The molecule has 3 aromatic rings. The van der Waals surface area contributed by atoms with Crippen molar-refractivity contribution in [2.45, 2.75) is 6.61 Å². The molecule has 0 aliphatic carbocycles. The summed E-state index contributed by atoms with van der Waals surface area (Å²) < 4.78 is 16.5. The Morgan fingerprint density at radius 1 is 1.00 bits per heavy atom.